The molecule has 3 rings (SSSR count). The smallest absolute Gasteiger partial charge is 0.326 e. The van der Waals surface area contributed by atoms with Crippen molar-refractivity contribution < 1.29 is 19.4 Å². The Labute approximate surface area is 183 Å². The lowest BCUT2D eigenvalue weighted by molar-refractivity contribution is -0.145. The average Bonchev–Trinajstić information content (AvgIpc) is 2.97. The third-order valence-electron chi connectivity index (χ3n) is 4.32. The number of carbonyl (C=O) groups excluding carboxylic acids is 1. The zero-order valence-electron chi connectivity index (χ0n) is 15.5. The van der Waals surface area contributed by atoms with E-state index in [1.165, 1.54) is 4.90 Å². The molecule has 2 aromatic carbocycles. The van der Waals surface area contributed by atoms with E-state index < -0.39 is 17.9 Å². The molecule has 1 amide bonds. The molecule has 0 unspecified atom stereocenters. The standard InChI is InChI=1S/C21H18ClNO4S2/c1-2-16(20(25)26)23-19(24)18(29-21(23)28)11-14-5-3-4-6-17(14)27-12-13-7-9-15(22)10-8-13/h3-11,16H,2,12H2,1H3,(H,25,26)/b18-11-/t16-/m1/s1. The molecule has 29 heavy (non-hydrogen) atoms. The fraction of sp³-hybridized carbons (Fsp3) is 0.190. The summed E-state index contributed by atoms with van der Waals surface area (Å²) >= 11 is 12.3. The Kier molecular flexibility index (Phi) is 6.95. The Hall–Kier alpha value is -2.35. The second kappa shape index (κ2) is 9.43. The summed E-state index contributed by atoms with van der Waals surface area (Å²) in [7, 11) is 0. The van der Waals surface area contributed by atoms with Gasteiger partial charge in [-0.2, -0.15) is 0 Å². The van der Waals surface area contributed by atoms with Gasteiger partial charge in [0.15, 0.2) is 0 Å². The van der Waals surface area contributed by atoms with Gasteiger partial charge in [0.25, 0.3) is 5.91 Å². The molecule has 2 aromatic rings. The topological polar surface area (TPSA) is 66.8 Å². The second-order valence-electron chi connectivity index (χ2n) is 6.27. The largest absolute Gasteiger partial charge is 0.488 e. The van der Waals surface area contributed by atoms with Gasteiger partial charge in [0.05, 0.1) is 4.91 Å². The minimum atomic E-state index is -1.07. The van der Waals surface area contributed by atoms with Crippen LogP contribution in [0.3, 0.4) is 0 Å². The summed E-state index contributed by atoms with van der Waals surface area (Å²) in [6.45, 7) is 2.06. The molecule has 0 aromatic heterocycles. The highest BCUT2D eigenvalue weighted by Crippen LogP contribution is 2.36. The van der Waals surface area contributed by atoms with Gasteiger partial charge >= 0.3 is 5.97 Å². The molecule has 8 heteroatoms. The van der Waals surface area contributed by atoms with E-state index in [4.69, 9.17) is 28.6 Å². The maximum absolute atomic E-state index is 12.8. The van der Waals surface area contributed by atoms with Gasteiger partial charge in [-0.15, -0.1) is 0 Å². The van der Waals surface area contributed by atoms with Crippen molar-refractivity contribution >= 4 is 57.9 Å². The highest BCUT2D eigenvalue weighted by atomic mass is 35.5. The number of halogens is 1. The van der Waals surface area contributed by atoms with Crippen molar-refractivity contribution in [3.05, 3.63) is 69.6 Å². The van der Waals surface area contributed by atoms with Crippen molar-refractivity contribution in [1.29, 1.82) is 0 Å². The Bertz CT molecular complexity index is 975. The molecule has 1 heterocycles. The fourth-order valence-corrected chi connectivity index (χ4v) is 4.30. The number of amides is 1. The predicted octanol–water partition coefficient (Wildman–Crippen LogP) is 4.98. The Morgan fingerprint density at radius 3 is 2.62 bits per heavy atom. The van der Waals surface area contributed by atoms with Crippen LogP contribution in [0.25, 0.3) is 6.08 Å². The molecule has 150 valence electrons. The molecular formula is C21H18ClNO4S2. The van der Waals surface area contributed by atoms with E-state index in [0.29, 0.717) is 27.8 Å². The van der Waals surface area contributed by atoms with Crippen LogP contribution in [0, 0.1) is 0 Å². The quantitative estimate of drug-likeness (QED) is 0.476. The van der Waals surface area contributed by atoms with Crippen LogP contribution >= 0.6 is 35.6 Å². The Morgan fingerprint density at radius 1 is 1.28 bits per heavy atom. The van der Waals surface area contributed by atoms with Crippen molar-refractivity contribution in [3.8, 4) is 5.75 Å². The number of hydrogen-bond acceptors (Lipinski definition) is 5. The van der Waals surface area contributed by atoms with E-state index in [-0.39, 0.29) is 10.7 Å². The zero-order valence-corrected chi connectivity index (χ0v) is 17.9. The molecule has 0 spiro atoms. The molecule has 1 aliphatic rings. The van der Waals surface area contributed by atoms with E-state index >= 15 is 0 Å². The van der Waals surface area contributed by atoms with E-state index in [2.05, 4.69) is 0 Å². The average molecular weight is 448 g/mol. The SMILES string of the molecule is CC[C@H](C(=O)O)N1C(=O)/C(=C/c2ccccc2OCc2ccc(Cl)cc2)SC1=S. The van der Waals surface area contributed by atoms with Gasteiger partial charge in [0.2, 0.25) is 0 Å². The monoisotopic (exact) mass is 447 g/mol. The first-order valence-electron chi connectivity index (χ1n) is 8.87. The number of thioether (sulfide) groups is 1. The van der Waals surface area contributed by atoms with Crippen molar-refractivity contribution in [2.75, 3.05) is 0 Å². The van der Waals surface area contributed by atoms with Crippen molar-refractivity contribution in [2.24, 2.45) is 0 Å². The number of carboxylic acid groups (broad SMARTS) is 1. The summed E-state index contributed by atoms with van der Waals surface area (Å²) < 4.78 is 6.17. The van der Waals surface area contributed by atoms with Gasteiger partial charge in [-0.3, -0.25) is 9.69 Å². The zero-order chi connectivity index (χ0) is 21.0. The second-order valence-corrected chi connectivity index (χ2v) is 8.38. The number of hydrogen-bond donors (Lipinski definition) is 1. The van der Waals surface area contributed by atoms with Gasteiger partial charge in [-0.05, 0) is 36.3 Å². The molecule has 0 bridgehead atoms. The summed E-state index contributed by atoms with van der Waals surface area (Å²) in [4.78, 5) is 25.8. The van der Waals surface area contributed by atoms with Gasteiger partial charge in [0.1, 0.15) is 22.7 Å². The number of ether oxygens (including phenoxy) is 1. The molecule has 0 saturated carbocycles. The third kappa shape index (κ3) is 4.98. The maximum Gasteiger partial charge on any atom is 0.326 e. The van der Waals surface area contributed by atoms with Crippen LogP contribution in [0.15, 0.2) is 53.4 Å². The van der Waals surface area contributed by atoms with Gasteiger partial charge in [-0.1, -0.05) is 72.8 Å². The van der Waals surface area contributed by atoms with Crippen LogP contribution in [0.5, 0.6) is 5.75 Å². The molecule has 5 nitrogen and oxygen atoms in total. The Morgan fingerprint density at radius 2 is 1.97 bits per heavy atom. The summed E-state index contributed by atoms with van der Waals surface area (Å²) in [5.41, 5.74) is 1.67. The molecule has 1 fully saturated rings. The summed E-state index contributed by atoms with van der Waals surface area (Å²) in [6, 6.07) is 13.7. The predicted molar refractivity (Wildman–Crippen MR) is 119 cm³/mol. The first-order valence-corrected chi connectivity index (χ1v) is 10.5. The van der Waals surface area contributed by atoms with Gasteiger partial charge < -0.3 is 9.84 Å². The number of thiocarbonyl (C=S) groups is 1. The minimum absolute atomic E-state index is 0.245. The number of aliphatic carboxylic acids is 1. The first-order chi connectivity index (χ1) is 13.9. The van der Waals surface area contributed by atoms with Crippen molar-refractivity contribution in [3.63, 3.8) is 0 Å². The number of para-hydroxylation sites is 1. The van der Waals surface area contributed by atoms with Crippen LogP contribution < -0.4 is 4.74 Å². The molecular weight excluding hydrogens is 430 g/mol. The van der Waals surface area contributed by atoms with Crippen LogP contribution in [0.1, 0.15) is 24.5 Å². The molecule has 0 aliphatic carbocycles. The van der Waals surface area contributed by atoms with Crippen LogP contribution in [0.4, 0.5) is 0 Å². The number of rotatable bonds is 7. The van der Waals surface area contributed by atoms with Gasteiger partial charge in [-0.25, -0.2) is 4.79 Å². The highest BCUT2D eigenvalue weighted by molar-refractivity contribution is 8.26. The number of benzene rings is 2. The van der Waals surface area contributed by atoms with Crippen molar-refractivity contribution in [1.82, 2.24) is 4.90 Å². The molecule has 1 N–H and O–H groups in total. The highest BCUT2D eigenvalue weighted by Gasteiger charge is 2.39. The molecule has 1 atom stereocenters. The van der Waals surface area contributed by atoms with E-state index in [1.807, 2.05) is 36.4 Å². The van der Waals surface area contributed by atoms with E-state index in [9.17, 15) is 14.7 Å². The number of carbonyl (C=O) groups is 2. The summed E-state index contributed by atoms with van der Waals surface area (Å²) in [5, 5.41) is 10.0. The maximum atomic E-state index is 12.8. The third-order valence-corrected chi connectivity index (χ3v) is 5.90. The summed E-state index contributed by atoms with van der Waals surface area (Å²) in [5.74, 6) is -0.864. The number of nitrogens with zero attached hydrogens (tertiary/aromatic N) is 1. The minimum Gasteiger partial charge on any atom is -0.488 e. The normalized spacial score (nSPS) is 16.3. The van der Waals surface area contributed by atoms with Crippen molar-refractivity contribution in [2.45, 2.75) is 26.0 Å². The van der Waals surface area contributed by atoms with Crippen LogP contribution in [-0.2, 0) is 16.2 Å². The first kappa shape index (κ1) is 21.4. The lowest BCUT2D eigenvalue weighted by Crippen LogP contribution is -2.43. The lowest BCUT2D eigenvalue weighted by atomic mass is 10.1. The van der Waals surface area contributed by atoms with Crippen LogP contribution in [-0.4, -0.2) is 32.2 Å². The number of carboxylic acids is 1. The molecule has 0 radical (unpaired) electrons. The lowest BCUT2D eigenvalue weighted by Gasteiger charge is -2.21. The summed E-state index contributed by atoms with van der Waals surface area (Å²) in [6.07, 6.45) is 1.96. The van der Waals surface area contributed by atoms with E-state index in [0.717, 1.165) is 17.3 Å². The molecule has 1 aliphatic heterocycles. The Balaban J connectivity index is 1.81. The molecule has 1 saturated heterocycles. The van der Waals surface area contributed by atoms with Gasteiger partial charge in [0, 0.05) is 10.6 Å². The fourth-order valence-electron chi connectivity index (χ4n) is 2.83. The van der Waals surface area contributed by atoms with Crippen LogP contribution in [0.2, 0.25) is 5.02 Å². The van der Waals surface area contributed by atoms with E-state index in [1.54, 1.807) is 25.1 Å².